The van der Waals surface area contributed by atoms with Gasteiger partial charge in [0.25, 0.3) is 5.91 Å². The van der Waals surface area contributed by atoms with Gasteiger partial charge in [-0.1, -0.05) is 0 Å². The lowest BCUT2D eigenvalue weighted by molar-refractivity contribution is 0.0856. The second-order valence-corrected chi connectivity index (χ2v) is 7.19. The molecule has 3 atom stereocenters. The summed E-state index contributed by atoms with van der Waals surface area (Å²) in [6.07, 6.45) is 6.80. The van der Waals surface area contributed by atoms with E-state index in [0.29, 0.717) is 5.56 Å². The summed E-state index contributed by atoms with van der Waals surface area (Å²) in [5.41, 5.74) is 8.47. The van der Waals surface area contributed by atoms with Crippen molar-refractivity contribution in [3.05, 3.63) is 65.7 Å². The minimum atomic E-state index is -0.334. The van der Waals surface area contributed by atoms with E-state index in [-0.39, 0.29) is 30.0 Å². The van der Waals surface area contributed by atoms with E-state index in [1.54, 1.807) is 0 Å². The molecule has 2 aromatic rings. The molecule has 2 saturated heterocycles. The van der Waals surface area contributed by atoms with Crippen molar-refractivity contribution in [3.8, 4) is 0 Å². The molecule has 1 aromatic heterocycles. The lowest BCUT2D eigenvalue weighted by Crippen LogP contribution is -2.54. The van der Waals surface area contributed by atoms with Crippen LogP contribution in [0, 0.1) is 5.82 Å². The molecule has 0 spiro atoms. The van der Waals surface area contributed by atoms with Crippen molar-refractivity contribution in [2.45, 2.75) is 37.5 Å². The van der Waals surface area contributed by atoms with Crippen LogP contribution < -0.4 is 16.2 Å². The number of hydrogen-bond acceptors (Lipinski definition) is 5. The highest BCUT2D eigenvalue weighted by molar-refractivity contribution is 5.94. The van der Waals surface area contributed by atoms with Crippen molar-refractivity contribution < 1.29 is 9.18 Å². The molecule has 3 unspecified atom stereocenters. The number of halogens is 1. The van der Waals surface area contributed by atoms with E-state index in [9.17, 15) is 9.18 Å². The topological polar surface area (TPSA) is 69.3 Å². The lowest BCUT2D eigenvalue weighted by atomic mass is 10.0. The first-order valence-corrected chi connectivity index (χ1v) is 9.40. The Bertz CT molecular complexity index is 770. The number of rotatable bonds is 4. The summed E-state index contributed by atoms with van der Waals surface area (Å²) in [4.78, 5) is 18.9. The fourth-order valence-corrected chi connectivity index (χ4v) is 3.87. The molecule has 142 valence electrons. The van der Waals surface area contributed by atoms with Crippen LogP contribution in [0.4, 0.5) is 4.39 Å². The Kier molecular flexibility index (Phi) is 5.42. The number of likely N-dealkylation sites (tertiary alicyclic amines) is 1. The number of aromatic nitrogens is 1. The largest absolute Gasteiger partial charge is 0.348 e. The first-order chi connectivity index (χ1) is 13.2. The predicted molar refractivity (Wildman–Crippen MR) is 100 cm³/mol. The van der Waals surface area contributed by atoms with Crippen LogP contribution >= 0.6 is 0 Å². The molecular weight excluding hydrogens is 345 g/mol. The average molecular weight is 369 g/mol. The third kappa shape index (κ3) is 4.32. The van der Waals surface area contributed by atoms with Crippen molar-refractivity contribution >= 4 is 5.91 Å². The fourth-order valence-electron chi connectivity index (χ4n) is 3.87. The molecule has 2 aliphatic rings. The third-order valence-corrected chi connectivity index (χ3v) is 5.33. The van der Waals surface area contributed by atoms with Gasteiger partial charge in [0.15, 0.2) is 0 Å². The van der Waals surface area contributed by atoms with Crippen LogP contribution in [-0.4, -0.2) is 41.1 Å². The van der Waals surface area contributed by atoms with Gasteiger partial charge in [-0.2, -0.15) is 0 Å². The van der Waals surface area contributed by atoms with E-state index in [2.05, 4.69) is 26.1 Å². The maximum absolute atomic E-state index is 13.0. The van der Waals surface area contributed by atoms with Gasteiger partial charge < -0.3 is 5.32 Å². The van der Waals surface area contributed by atoms with Gasteiger partial charge in [0.2, 0.25) is 0 Å². The summed E-state index contributed by atoms with van der Waals surface area (Å²) in [5, 5.41) is 3.09. The summed E-state index contributed by atoms with van der Waals surface area (Å²) in [6.45, 7) is 1.81. The number of pyridine rings is 1. The third-order valence-electron chi connectivity index (χ3n) is 5.33. The zero-order valence-electron chi connectivity index (χ0n) is 15.1. The van der Waals surface area contributed by atoms with Crippen molar-refractivity contribution in [2.24, 2.45) is 0 Å². The first kappa shape index (κ1) is 18.0. The number of amides is 1. The quantitative estimate of drug-likeness (QED) is 0.769. The van der Waals surface area contributed by atoms with Crippen molar-refractivity contribution in [3.63, 3.8) is 0 Å². The molecule has 2 aliphatic heterocycles. The number of carbonyl (C=O) groups excluding carboxylic acids is 1. The molecule has 2 fully saturated rings. The Hall–Kier alpha value is -2.35. The fraction of sp³-hybridized carbons (Fsp3) is 0.400. The maximum Gasteiger partial charge on any atom is 0.251 e. The lowest BCUT2D eigenvalue weighted by Gasteiger charge is -2.36. The Morgan fingerprint density at radius 3 is 2.70 bits per heavy atom. The van der Waals surface area contributed by atoms with Gasteiger partial charge in [0.05, 0.1) is 6.17 Å². The number of nitrogens with one attached hydrogen (secondary N) is 3. The molecule has 0 aliphatic carbocycles. The Balaban J connectivity index is 1.33. The van der Waals surface area contributed by atoms with Crippen LogP contribution in [0.25, 0.3) is 0 Å². The predicted octanol–water partition coefficient (Wildman–Crippen LogP) is 1.98. The second-order valence-electron chi connectivity index (χ2n) is 7.19. The molecular formula is C20H24FN5O. The van der Waals surface area contributed by atoms with Crippen LogP contribution in [0.2, 0.25) is 0 Å². The second kappa shape index (κ2) is 8.12. The monoisotopic (exact) mass is 369 g/mol. The van der Waals surface area contributed by atoms with Gasteiger partial charge in [-0.05, 0) is 67.8 Å². The smallest absolute Gasteiger partial charge is 0.251 e. The standard InChI is InChI=1S/C20H24FN5O/c21-16-5-3-15(4-6-16)20(27)23-17-2-1-11-26(13-17)19-12-18(24-25-19)14-7-9-22-10-8-14/h3-10,17-19,24-25H,1-2,11-13H2,(H,23,27). The summed E-state index contributed by atoms with van der Waals surface area (Å²) in [6, 6.07) is 10.1. The van der Waals surface area contributed by atoms with Crippen LogP contribution in [0.1, 0.15) is 41.2 Å². The van der Waals surface area contributed by atoms with Crippen molar-refractivity contribution in [2.75, 3.05) is 13.1 Å². The summed E-state index contributed by atoms with van der Waals surface area (Å²) in [7, 11) is 0. The highest BCUT2D eigenvalue weighted by Gasteiger charge is 2.32. The molecule has 0 radical (unpaired) electrons. The highest BCUT2D eigenvalue weighted by Crippen LogP contribution is 2.25. The van der Waals surface area contributed by atoms with E-state index >= 15 is 0 Å². The maximum atomic E-state index is 13.0. The van der Waals surface area contributed by atoms with Gasteiger partial charge in [-0.3, -0.25) is 14.7 Å². The minimum absolute atomic E-state index is 0.0954. The van der Waals surface area contributed by atoms with E-state index < -0.39 is 0 Å². The molecule has 3 heterocycles. The number of carbonyl (C=O) groups is 1. The van der Waals surface area contributed by atoms with Gasteiger partial charge in [0.1, 0.15) is 5.82 Å². The molecule has 1 amide bonds. The summed E-state index contributed by atoms with van der Waals surface area (Å²) in [5.74, 6) is -0.479. The van der Waals surface area contributed by atoms with E-state index in [0.717, 1.165) is 32.4 Å². The van der Waals surface area contributed by atoms with Crippen LogP contribution in [0.5, 0.6) is 0 Å². The van der Waals surface area contributed by atoms with Gasteiger partial charge >= 0.3 is 0 Å². The van der Waals surface area contributed by atoms with Crippen molar-refractivity contribution in [1.29, 1.82) is 0 Å². The molecule has 27 heavy (non-hydrogen) atoms. The number of benzene rings is 1. The Labute approximate surface area is 158 Å². The normalized spacial score (nSPS) is 26.0. The summed E-state index contributed by atoms with van der Waals surface area (Å²) < 4.78 is 13.0. The molecule has 0 bridgehead atoms. The summed E-state index contributed by atoms with van der Waals surface area (Å²) >= 11 is 0. The molecule has 6 nitrogen and oxygen atoms in total. The number of hydrazine groups is 1. The van der Waals surface area contributed by atoms with E-state index in [1.807, 2.05) is 24.5 Å². The average Bonchev–Trinajstić information content (AvgIpc) is 3.20. The van der Waals surface area contributed by atoms with Crippen LogP contribution in [-0.2, 0) is 0 Å². The van der Waals surface area contributed by atoms with Crippen LogP contribution in [0.15, 0.2) is 48.8 Å². The van der Waals surface area contributed by atoms with E-state index in [1.165, 1.54) is 29.8 Å². The van der Waals surface area contributed by atoms with Gasteiger partial charge in [-0.25, -0.2) is 15.2 Å². The number of nitrogens with zero attached hydrogens (tertiary/aromatic N) is 2. The SMILES string of the molecule is O=C(NC1CCCN(C2CC(c3ccncc3)NN2)C1)c1ccc(F)cc1. The zero-order chi connectivity index (χ0) is 18.6. The van der Waals surface area contributed by atoms with Crippen molar-refractivity contribution in [1.82, 2.24) is 26.1 Å². The molecule has 0 saturated carbocycles. The Morgan fingerprint density at radius 1 is 1.15 bits per heavy atom. The molecule has 1 aromatic carbocycles. The zero-order valence-corrected chi connectivity index (χ0v) is 15.1. The van der Waals surface area contributed by atoms with Gasteiger partial charge in [-0.15, -0.1) is 0 Å². The minimum Gasteiger partial charge on any atom is -0.348 e. The molecule has 7 heteroatoms. The number of piperidine rings is 1. The van der Waals surface area contributed by atoms with Gasteiger partial charge in [0, 0.05) is 36.6 Å². The Morgan fingerprint density at radius 2 is 1.93 bits per heavy atom. The molecule has 3 N–H and O–H groups in total. The van der Waals surface area contributed by atoms with E-state index in [4.69, 9.17) is 0 Å². The number of hydrogen-bond donors (Lipinski definition) is 3. The molecule has 4 rings (SSSR count). The first-order valence-electron chi connectivity index (χ1n) is 9.40. The highest BCUT2D eigenvalue weighted by atomic mass is 19.1. The van der Waals surface area contributed by atoms with Crippen LogP contribution in [0.3, 0.4) is 0 Å².